The van der Waals surface area contributed by atoms with E-state index in [2.05, 4.69) is 58.9 Å². The van der Waals surface area contributed by atoms with E-state index in [1.807, 2.05) is 0 Å². The highest BCUT2D eigenvalue weighted by atomic mass is 16.7. The van der Waals surface area contributed by atoms with Crippen LogP contribution < -0.4 is 0 Å². The summed E-state index contributed by atoms with van der Waals surface area (Å²) >= 11 is 0. The van der Waals surface area contributed by atoms with Gasteiger partial charge in [0.1, 0.15) is 0 Å². The minimum Gasteiger partial charge on any atom is -0.403 e. The SMILES string of the molecule is Cc1cccc([C@@H]2C[C@H]2B2OC(C)(C)C(C)(C)O2)c1. The van der Waals surface area contributed by atoms with Crippen LogP contribution in [0.2, 0.25) is 5.82 Å². The van der Waals surface area contributed by atoms with Crippen LogP contribution in [0, 0.1) is 6.92 Å². The molecule has 3 heteroatoms. The molecule has 0 aromatic heterocycles. The molecule has 19 heavy (non-hydrogen) atoms. The lowest BCUT2D eigenvalue weighted by molar-refractivity contribution is 0.00578. The van der Waals surface area contributed by atoms with Crippen molar-refractivity contribution in [2.45, 2.75) is 64.0 Å². The monoisotopic (exact) mass is 258 g/mol. The van der Waals surface area contributed by atoms with Gasteiger partial charge in [0.2, 0.25) is 0 Å². The number of aryl methyl sites for hydroxylation is 1. The first kappa shape index (κ1) is 13.2. The number of hydrogen-bond donors (Lipinski definition) is 0. The van der Waals surface area contributed by atoms with Crippen molar-refractivity contribution < 1.29 is 9.31 Å². The Balaban J connectivity index is 1.72. The second-order valence-corrected chi connectivity index (χ2v) is 7.04. The van der Waals surface area contributed by atoms with Crippen molar-refractivity contribution in [2.75, 3.05) is 0 Å². The first-order valence-electron chi connectivity index (χ1n) is 7.22. The Morgan fingerprint density at radius 1 is 1.11 bits per heavy atom. The molecule has 0 bridgehead atoms. The average Bonchev–Trinajstić information content (AvgIpc) is 3.03. The first-order valence-corrected chi connectivity index (χ1v) is 7.22. The van der Waals surface area contributed by atoms with Gasteiger partial charge in [-0.1, -0.05) is 29.8 Å². The minimum atomic E-state index is -0.211. The predicted molar refractivity (Wildman–Crippen MR) is 78.4 cm³/mol. The molecule has 102 valence electrons. The normalized spacial score (nSPS) is 31.5. The third-order valence-electron chi connectivity index (χ3n) is 4.93. The van der Waals surface area contributed by atoms with Crippen LogP contribution >= 0.6 is 0 Å². The Morgan fingerprint density at radius 3 is 2.32 bits per heavy atom. The van der Waals surface area contributed by atoms with Gasteiger partial charge in [0.05, 0.1) is 11.2 Å². The van der Waals surface area contributed by atoms with Gasteiger partial charge in [-0.3, -0.25) is 0 Å². The lowest BCUT2D eigenvalue weighted by atomic mass is 9.79. The molecule has 2 nitrogen and oxygen atoms in total. The molecule has 0 N–H and O–H groups in total. The summed E-state index contributed by atoms with van der Waals surface area (Å²) in [6.07, 6.45) is 1.18. The summed E-state index contributed by atoms with van der Waals surface area (Å²) in [5.74, 6) is 1.12. The Labute approximate surface area is 116 Å². The van der Waals surface area contributed by atoms with Crippen molar-refractivity contribution >= 4 is 7.12 Å². The molecule has 1 aromatic rings. The van der Waals surface area contributed by atoms with Gasteiger partial charge in [-0.05, 0) is 52.5 Å². The van der Waals surface area contributed by atoms with Gasteiger partial charge in [0.15, 0.2) is 0 Å². The minimum absolute atomic E-state index is 0.0458. The van der Waals surface area contributed by atoms with E-state index in [0.29, 0.717) is 11.7 Å². The van der Waals surface area contributed by atoms with Gasteiger partial charge < -0.3 is 9.31 Å². The van der Waals surface area contributed by atoms with Crippen LogP contribution in [-0.4, -0.2) is 18.3 Å². The van der Waals surface area contributed by atoms with Crippen LogP contribution in [0.4, 0.5) is 0 Å². The van der Waals surface area contributed by atoms with Crippen LogP contribution in [-0.2, 0) is 9.31 Å². The Morgan fingerprint density at radius 2 is 1.74 bits per heavy atom. The maximum absolute atomic E-state index is 6.15. The molecule has 1 aliphatic heterocycles. The highest BCUT2D eigenvalue weighted by molar-refractivity contribution is 6.49. The van der Waals surface area contributed by atoms with Crippen LogP contribution in [0.5, 0.6) is 0 Å². The standard InChI is InChI=1S/C16H23BO2/c1-11-7-6-8-12(9-11)13-10-14(13)17-18-15(2,3)16(4,5)19-17/h6-9,13-14H,10H2,1-5H3/t13-,14+/m0/s1. The topological polar surface area (TPSA) is 18.5 Å². The molecule has 1 heterocycles. The Kier molecular flexibility index (Phi) is 2.85. The molecule has 0 radical (unpaired) electrons. The number of rotatable bonds is 2. The van der Waals surface area contributed by atoms with Gasteiger partial charge in [0.25, 0.3) is 0 Å². The van der Waals surface area contributed by atoms with Crippen LogP contribution in [0.25, 0.3) is 0 Å². The van der Waals surface area contributed by atoms with E-state index in [0.717, 1.165) is 0 Å². The molecular formula is C16H23BO2. The zero-order chi connectivity index (χ0) is 13.8. The quantitative estimate of drug-likeness (QED) is 0.748. The zero-order valence-electron chi connectivity index (χ0n) is 12.6. The van der Waals surface area contributed by atoms with E-state index in [1.165, 1.54) is 17.5 Å². The smallest absolute Gasteiger partial charge is 0.403 e. The second kappa shape index (κ2) is 4.10. The van der Waals surface area contributed by atoms with Gasteiger partial charge in [-0.25, -0.2) is 0 Å². The molecule has 0 unspecified atom stereocenters. The van der Waals surface area contributed by atoms with E-state index in [1.54, 1.807) is 0 Å². The highest BCUT2D eigenvalue weighted by Gasteiger charge is 2.59. The van der Waals surface area contributed by atoms with Gasteiger partial charge in [-0.2, -0.15) is 0 Å². The molecule has 2 fully saturated rings. The van der Waals surface area contributed by atoms with Crippen molar-refractivity contribution in [1.82, 2.24) is 0 Å². The van der Waals surface area contributed by atoms with E-state index >= 15 is 0 Å². The fourth-order valence-corrected chi connectivity index (χ4v) is 2.86. The third-order valence-corrected chi connectivity index (χ3v) is 4.93. The highest BCUT2D eigenvalue weighted by Crippen LogP contribution is 2.58. The van der Waals surface area contributed by atoms with E-state index < -0.39 is 0 Å². The summed E-state index contributed by atoms with van der Waals surface area (Å²) in [5, 5.41) is 0. The Hall–Kier alpha value is -0.795. The number of benzene rings is 1. The largest absolute Gasteiger partial charge is 0.461 e. The average molecular weight is 258 g/mol. The van der Waals surface area contributed by atoms with Crippen LogP contribution in [0.1, 0.15) is 51.2 Å². The zero-order valence-corrected chi connectivity index (χ0v) is 12.6. The summed E-state index contributed by atoms with van der Waals surface area (Å²) in [5.41, 5.74) is 2.34. The molecule has 1 aromatic carbocycles. The maximum atomic E-state index is 6.15. The van der Waals surface area contributed by atoms with Gasteiger partial charge >= 0.3 is 7.12 Å². The van der Waals surface area contributed by atoms with Gasteiger partial charge in [0, 0.05) is 5.82 Å². The molecule has 1 saturated carbocycles. The molecule has 0 amide bonds. The van der Waals surface area contributed by atoms with Crippen molar-refractivity contribution in [2.24, 2.45) is 0 Å². The molecule has 2 atom stereocenters. The second-order valence-electron chi connectivity index (χ2n) is 7.04. The molecular weight excluding hydrogens is 235 g/mol. The molecule has 3 rings (SSSR count). The third kappa shape index (κ3) is 2.23. The lowest BCUT2D eigenvalue weighted by Crippen LogP contribution is -2.41. The number of hydrogen-bond acceptors (Lipinski definition) is 2. The summed E-state index contributed by atoms with van der Waals surface area (Å²) < 4.78 is 12.3. The van der Waals surface area contributed by atoms with Crippen LogP contribution in [0.3, 0.4) is 0 Å². The maximum Gasteiger partial charge on any atom is 0.461 e. The van der Waals surface area contributed by atoms with Crippen molar-refractivity contribution in [3.05, 3.63) is 35.4 Å². The van der Waals surface area contributed by atoms with Crippen molar-refractivity contribution in [3.8, 4) is 0 Å². The Bertz CT molecular complexity index is 479. The lowest BCUT2D eigenvalue weighted by Gasteiger charge is -2.32. The predicted octanol–water partition coefficient (Wildman–Crippen LogP) is 3.94. The summed E-state index contributed by atoms with van der Waals surface area (Å²) in [7, 11) is -0.0458. The summed E-state index contributed by atoms with van der Waals surface area (Å²) in [4.78, 5) is 0. The van der Waals surface area contributed by atoms with Gasteiger partial charge in [-0.15, -0.1) is 0 Å². The van der Waals surface area contributed by atoms with Crippen molar-refractivity contribution in [3.63, 3.8) is 0 Å². The molecule has 0 spiro atoms. The van der Waals surface area contributed by atoms with E-state index in [4.69, 9.17) is 9.31 Å². The van der Waals surface area contributed by atoms with Crippen molar-refractivity contribution in [1.29, 1.82) is 0 Å². The molecule has 2 aliphatic rings. The fourth-order valence-electron chi connectivity index (χ4n) is 2.86. The summed E-state index contributed by atoms with van der Waals surface area (Å²) in [6, 6.07) is 8.80. The van der Waals surface area contributed by atoms with E-state index in [-0.39, 0.29) is 18.3 Å². The molecule has 1 saturated heterocycles. The molecule has 1 aliphatic carbocycles. The first-order chi connectivity index (χ1) is 8.80. The van der Waals surface area contributed by atoms with Crippen LogP contribution in [0.15, 0.2) is 24.3 Å². The van der Waals surface area contributed by atoms with E-state index in [9.17, 15) is 0 Å². The fraction of sp³-hybridized carbons (Fsp3) is 0.625. The summed E-state index contributed by atoms with van der Waals surface area (Å²) in [6.45, 7) is 10.6.